The molecule has 0 spiro atoms. The molecule has 2 aromatic carbocycles. The summed E-state index contributed by atoms with van der Waals surface area (Å²) in [6.07, 6.45) is 1.41. The van der Waals surface area contributed by atoms with E-state index in [-0.39, 0.29) is 0 Å². The molecule has 0 bridgehead atoms. The summed E-state index contributed by atoms with van der Waals surface area (Å²) in [5, 5.41) is 21.5. The lowest BCUT2D eigenvalue weighted by atomic mass is 9.82. The fourth-order valence-corrected chi connectivity index (χ4v) is 3.24. The Labute approximate surface area is 139 Å². The Kier molecular flexibility index (Phi) is 5.28. The normalized spacial score (nSPS) is 16.6. The van der Waals surface area contributed by atoms with Crippen LogP contribution in [0.25, 0.3) is 0 Å². The minimum absolute atomic E-state index is 0.335. The molecule has 2 rings (SSSR count). The molecule has 2 atom stereocenters. The van der Waals surface area contributed by atoms with Gasteiger partial charge in [0.2, 0.25) is 0 Å². The molecule has 0 aliphatic carbocycles. The summed E-state index contributed by atoms with van der Waals surface area (Å²) >= 11 is 0. The second kappa shape index (κ2) is 6.86. The van der Waals surface area contributed by atoms with Crippen LogP contribution in [0.5, 0.6) is 0 Å². The summed E-state index contributed by atoms with van der Waals surface area (Å²) < 4.78 is 0. The zero-order valence-electron chi connectivity index (χ0n) is 14.6. The van der Waals surface area contributed by atoms with Crippen LogP contribution in [-0.4, -0.2) is 21.4 Å². The van der Waals surface area contributed by atoms with Crippen molar-refractivity contribution in [2.45, 2.75) is 58.2 Å². The SMILES string of the molecule is Cc1ccc(C[C@@](C)(O)C[C@](C)(O)Cc2ccc(C)cc2)cc1. The van der Waals surface area contributed by atoms with E-state index in [1.54, 1.807) is 13.8 Å². The number of benzene rings is 2. The second-order valence-corrected chi connectivity index (χ2v) is 7.50. The topological polar surface area (TPSA) is 40.5 Å². The molecule has 0 aromatic heterocycles. The van der Waals surface area contributed by atoms with E-state index in [0.29, 0.717) is 19.3 Å². The van der Waals surface area contributed by atoms with Crippen molar-refractivity contribution in [3.8, 4) is 0 Å². The largest absolute Gasteiger partial charge is 0.390 e. The first-order chi connectivity index (χ1) is 10.7. The van der Waals surface area contributed by atoms with Gasteiger partial charge in [-0.15, -0.1) is 0 Å². The van der Waals surface area contributed by atoms with Crippen molar-refractivity contribution in [2.75, 3.05) is 0 Å². The lowest BCUT2D eigenvalue weighted by Gasteiger charge is -2.33. The van der Waals surface area contributed by atoms with Crippen molar-refractivity contribution in [3.05, 3.63) is 70.8 Å². The van der Waals surface area contributed by atoms with Crippen LogP contribution >= 0.6 is 0 Å². The molecule has 0 saturated carbocycles. The van der Waals surface area contributed by atoms with Gasteiger partial charge in [-0.1, -0.05) is 59.7 Å². The van der Waals surface area contributed by atoms with E-state index in [1.165, 1.54) is 11.1 Å². The van der Waals surface area contributed by atoms with Crippen molar-refractivity contribution in [3.63, 3.8) is 0 Å². The molecule has 0 fully saturated rings. The van der Waals surface area contributed by atoms with Crippen LogP contribution < -0.4 is 0 Å². The molecule has 124 valence electrons. The summed E-state index contributed by atoms with van der Waals surface area (Å²) in [5.41, 5.74) is 2.71. The molecule has 0 amide bonds. The van der Waals surface area contributed by atoms with Gasteiger partial charge in [-0.05, 0) is 38.8 Å². The Morgan fingerprint density at radius 1 is 0.652 bits per heavy atom. The first-order valence-electron chi connectivity index (χ1n) is 8.21. The van der Waals surface area contributed by atoms with Gasteiger partial charge in [0.25, 0.3) is 0 Å². The van der Waals surface area contributed by atoms with E-state index in [9.17, 15) is 10.2 Å². The summed E-state index contributed by atoms with van der Waals surface area (Å²) in [7, 11) is 0. The van der Waals surface area contributed by atoms with Gasteiger partial charge in [0.1, 0.15) is 0 Å². The van der Waals surface area contributed by atoms with E-state index in [2.05, 4.69) is 24.3 Å². The van der Waals surface area contributed by atoms with Gasteiger partial charge in [0, 0.05) is 19.3 Å². The van der Waals surface area contributed by atoms with Gasteiger partial charge in [0.15, 0.2) is 0 Å². The molecule has 2 nitrogen and oxygen atoms in total. The van der Waals surface area contributed by atoms with Gasteiger partial charge in [-0.25, -0.2) is 0 Å². The average molecular weight is 312 g/mol. The zero-order valence-corrected chi connectivity index (χ0v) is 14.6. The van der Waals surface area contributed by atoms with Gasteiger partial charge in [-0.2, -0.15) is 0 Å². The maximum atomic E-state index is 10.7. The van der Waals surface area contributed by atoms with Crippen LogP contribution in [0.1, 0.15) is 42.5 Å². The van der Waals surface area contributed by atoms with Crippen molar-refractivity contribution in [2.24, 2.45) is 0 Å². The summed E-state index contributed by atoms with van der Waals surface area (Å²) in [4.78, 5) is 0. The Morgan fingerprint density at radius 2 is 0.957 bits per heavy atom. The number of hydrogen-bond acceptors (Lipinski definition) is 2. The maximum Gasteiger partial charge on any atom is 0.0687 e. The van der Waals surface area contributed by atoms with Gasteiger partial charge >= 0.3 is 0 Å². The molecule has 0 radical (unpaired) electrons. The molecule has 2 aromatic rings. The third kappa shape index (κ3) is 5.81. The van der Waals surface area contributed by atoms with E-state index < -0.39 is 11.2 Å². The molecule has 0 aliphatic heterocycles. The molecule has 0 heterocycles. The predicted octanol–water partition coefficient (Wildman–Crippen LogP) is 3.98. The standard InChI is InChI=1S/C21H28O2/c1-16-5-9-18(10-6-16)13-20(3,22)15-21(4,23)14-19-11-7-17(2)8-12-19/h5-12,22-23H,13-15H2,1-4H3/t20-,21-/m1/s1. The molecular formula is C21H28O2. The minimum atomic E-state index is -0.941. The van der Waals surface area contributed by atoms with Crippen LogP contribution in [0.4, 0.5) is 0 Å². The van der Waals surface area contributed by atoms with Crippen LogP contribution in [0.15, 0.2) is 48.5 Å². The second-order valence-electron chi connectivity index (χ2n) is 7.50. The monoisotopic (exact) mass is 312 g/mol. The summed E-state index contributed by atoms with van der Waals surface area (Å²) in [6.45, 7) is 7.70. The highest BCUT2D eigenvalue weighted by molar-refractivity contribution is 5.24. The molecule has 0 saturated heterocycles. The lowest BCUT2D eigenvalue weighted by Crippen LogP contribution is -2.40. The van der Waals surface area contributed by atoms with Gasteiger partial charge < -0.3 is 10.2 Å². The van der Waals surface area contributed by atoms with E-state index in [4.69, 9.17) is 0 Å². The molecule has 2 N–H and O–H groups in total. The average Bonchev–Trinajstić information content (AvgIpc) is 2.42. The van der Waals surface area contributed by atoms with Crippen molar-refractivity contribution in [1.82, 2.24) is 0 Å². The zero-order chi connectivity index (χ0) is 17.1. The van der Waals surface area contributed by atoms with Crippen LogP contribution in [0.3, 0.4) is 0 Å². The number of hydrogen-bond donors (Lipinski definition) is 2. The highest BCUT2D eigenvalue weighted by Crippen LogP contribution is 2.27. The van der Waals surface area contributed by atoms with Crippen molar-refractivity contribution in [1.29, 1.82) is 0 Å². The molecule has 2 heteroatoms. The third-order valence-electron chi connectivity index (χ3n) is 4.17. The fourth-order valence-electron chi connectivity index (χ4n) is 3.24. The lowest BCUT2D eigenvalue weighted by molar-refractivity contribution is -0.0444. The number of aliphatic hydroxyl groups is 2. The highest BCUT2D eigenvalue weighted by atomic mass is 16.3. The summed E-state index contributed by atoms with van der Waals surface area (Å²) in [6, 6.07) is 16.4. The van der Waals surface area contributed by atoms with Crippen molar-refractivity contribution < 1.29 is 10.2 Å². The third-order valence-corrected chi connectivity index (χ3v) is 4.17. The van der Waals surface area contributed by atoms with E-state index in [1.807, 2.05) is 38.1 Å². The first kappa shape index (κ1) is 17.7. The Hall–Kier alpha value is -1.64. The van der Waals surface area contributed by atoms with Crippen LogP contribution in [-0.2, 0) is 12.8 Å². The van der Waals surface area contributed by atoms with Gasteiger partial charge in [-0.3, -0.25) is 0 Å². The Morgan fingerprint density at radius 3 is 1.26 bits per heavy atom. The van der Waals surface area contributed by atoms with Crippen LogP contribution in [0, 0.1) is 13.8 Å². The molecule has 0 unspecified atom stereocenters. The molecular weight excluding hydrogens is 284 g/mol. The van der Waals surface area contributed by atoms with Crippen molar-refractivity contribution >= 4 is 0 Å². The highest BCUT2D eigenvalue weighted by Gasteiger charge is 2.32. The van der Waals surface area contributed by atoms with Gasteiger partial charge in [0.05, 0.1) is 11.2 Å². The Bertz CT molecular complexity index is 564. The smallest absolute Gasteiger partial charge is 0.0687 e. The number of rotatable bonds is 6. The fraction of sp³-hybridized carbons (Fsp3) is 0.429. The molecule has 0 aliphatic rings. The quantitative estimate of drug-likeness (QED) is 0.847. The van der Waals surface area contributed by atoms with E-state index >= 15 is 0 Å². The maximum absolute atomic E-state index is 10.7. The number of aryl methyl sites for hydroxylation is 2. The van der Waals surface area contributed by atoms with E-state index in [0.717, 1.165) is 11.1 Å². The van der Waals surface area contributed by atoms with Crippen LogP contribution in [0.2, 0.25) is 0 Å². The predicted molar refractivity (Wildman–Crippen MR) is 95.6 cm³/mol. The summed E-state index contributed by atoms with van der Waals surface area (Å²) in [5.74, 6) is 0. The molecule has 23 heavy (non-hydrogen) atoms. The Balaban J connectivity index is 2.02. The minimum Gasteiger partial charge on any atom is -0.390 e. The first-order valence-corrected chi connectivity index (χ1v) is 8.21.